The van der Waals surface area contributed by atoms with E-state index in [0.29, 0.717) is 24.2 Å². The van der Waals surface area contributed by atoms with E-state index in [-0.39, 0.29) is 28.9 Å². The van der Waals surface area contributed by atoms with Crippen molar-refractivity contribution in [3.63, 3.8) is 0 Å². The average Bonchev–Trinajstić information content (AvgIpc) is 2.59. The van der Waals surface area contributed by atoms with Crippen molar-refractivity contribution in [3.05, 3.63) is 79.9 Å². The molecule has 0 radical (unpaired) electrons. The van der Waals surface area contributed by atoms with Crippen molar-refractivity contribution in [2.45, 2.75) is 12.8 Å². The summed E-state index contributed by atoms with van der Waals surface area (Å²) in [6.07, 6.45) is 0.653. The molecule has 9 heteroatoms. The fourth-order valence-electron chi connectivity index (χ4n) is 2.34. The predicted octanol–water partition coefficient (Wildman–Crippen LogP) is 2.38. The van der Waals surface area contributed by atoms with E-state index in [4.69, 9.17) is 5.73 Å². The zero-order chi connectivity index (χ0) is 18.9. The van der Waals surface area contributed by atoms with Crippen molar-refractivity contribution < 1.29 is 9.85 Å². The van der Waals surface area contributed by atoms with Crippen molar-refractivity contribution in [3.8, 4) is 0 Å². The van der Waals surface area contributed by atoms with Gasteiger partial charge < -0.3 is 11.1 Å². The predicted molar refractivity (Wildman–Crippen MR) is 98.9 cm³/mol. The van der Waals surface area contributed by atoms with Gasteiger partial charge in [-0.25, -0.2) is 4.99 Å². The molecular formula is C17H19N5O4. The lowest BCUT2D eigenvalue weighted by atomic mass is 10.1. The Kier molecular flexibility index (Phi) is 6.60. The summed E-state index contributed by atoms with van der Waals surface area (Å²) in [7, 11) is 0. The minimum Gasteiger partial charge on any atom is -0.369 e. The lowest BCUT2D eigenvalue weighted by Crippen LogP contribution is -2.22. The van der Waals surface area contributed by atoms with Gasteiger partial charge in [0.05, 0.1) is 5.69 Å². The van der Waals surface area contributed by atoms with Gasteiger partial charge in [-0.3, -0.25) is 20.2 Å². The Hall–Kier alpha value is -3.49. The number of benzene rings is 2. The molecule has 26 heavy (non-hydrogen) atoms. The molecule has 2 rings (SSSR count). The van der Waals surface area contributed by atoms with Gasteiger partial charge >= 0.3 is 0 Å². The van der Waals surface area contributed by atoms with Crippen molar-refractivity contribution in [1.29, 1.82) is 0 Å². The molecule has 0 saturated heterocycles. The van der Waals surface area contributed by atoms with Crippen LogP contribution in [0.25, 0.3) is 0 Å². The topological polar surface area (TPSA) is 137 Å². The van der Waals surface area contributed by atoms with Crippen LogP contribution in [0, 0.1) is 20.2 Å². The van der Waals surface area contributed by atoms with Gasteiger partial charge in [0.2, 0.25) is 13.1 Å². The zero-order valence-corrected chi connectivity index (χ0v) is 14.0. The van der Waals surface area contributed by atoms with Crippen LogP contribution >= 0.6 is 0 Å². The zero-order valence-electron chi connectivity index (χ0n) is 14.0. The Morgan fingerprint density at radius 2 is 1.54 bits per heavy atom. The minimum absolute atomic E-state index is 0.135. The third kappa shape index (κ3) is 6.56. The van der Waals surface area contributed by atoms with E-state index in [1.165, 1.54) is 0 Å². The maximum Gasteiger partial charge on any atom is 0.207 e. The fourth-order valence-corrected chi connectivity index (χ4v) is 2.34. The second kappa shape index (κ2) is 9.11. The van der Waals surface area contributed by atoms with E-state index in [1.54, 1.807) is 48.5 Å². The fraction of sp³-hybridized carbons (Fsp3) is 0.235. The highest BCUT2D eigenvalue weighted by Crippen LogP contribution is 2.16. The van der Waals surface area contributed by atoms with Crippen molar-refractivity contribution in [1.82, 2.24) is 0 Å². The number of aliphatic imine (C=N–C) groups is 1. The molecule has 3 N–H and O–H groups in total. The van der Waals surface area contributed by atoms with Gasteiger partial charge in [0.15, 0.2) is 5.96 Å². The lowest BCUT2D eigenvalue weighted by Gasteiger charge is -2.07. The second-order valence-corrected chi connectivity index (χ2v) is 5.61. The summed E-state index contributed by atoms with van der Waals surface area (Å²) >= 11 is 0. The third-order valence-corrected chi connectivity index (χ3v) is 3.53. The summed E-state index contributed by atoms with van der Waals surface area (Å²) < 4.78 is 0. The van der Waals surface area contributed by atoms with Gasteiger partial charge in [-0.05, 0) is 35.4 Å². The Bertz CT molecular complexity index is 822. The van der Waals surface area contributed by atoms with Crippen LogP contribution in [-0.4, -0.2) is 28.9 Å². The number of guanidine groups is 1. The number of nitro groups is 2. The molecule has 0 unspecified atom stereocenters. The molecule has 9 nitrogen and oxygen atoms in total. The largest absolute Gasteiger partial charge is 0.369 e. The number of nitrogens with two attached hydrogens (primary N) is 1. The van der Waals surface area contributed by atoms with Gasteiger partial charge in [-0.1, -0.05) is 24.3 Å². The molecule has 0 atom stereocenters. The van der Waals surface area contributed by atoms with E-state index < -0.39 is 0 Å². The molecule has 0 amide bonds. The Morgan fingerprint density at radius 3 is 2.15 bits per heavy atom. The standard InChI is InChI=1S/C17H19N5O4/c18-17(19-15-5-1-3-13(11-15)7-9-21(23)24)20-16-6-2-4-14(12-16)8-10-22(25)26/h1-6,11-12H,7-10H2,(H3,18,19,20). The number of nitrogens with zero attached hydrogens (tertiary/aromatic N) is 3. The summed E-state index contributed by atoms with van der Waals surface area (Å²) in [6, 6.07) is 14.2. The van der Waals surface area contributed by atoms with Crippen molar-refractivity contribution in [2.75, 3.05) is 18.4 Å². The van der Waals surface area contributed by atoms with E-state index in [0.717, 1.165) is 11.1 Å². The maximum absolute atomic E-state index is 10.5. The quantitative estimate of drug-likeness (QED) is 0.322. The monoisotopic (exact) mass is 357 g/mol. The third-order valence-electron chi connectivity index (χ3n) is 3.53. The van der Waals surface area contributed by atoms with Gasteiger partial charge in [0.25, 0.3) is 0 Å². The Morgan fingerprint density at radius 1 is 0.962 bits per heavy atom. The maximum atomic E-state index is 10.5. The van der Waals surface area contributed by atoms with Crippen LogP contribution in [0.1, 0.15) is 11.1 Å². The summed E-state index contributed by atoms with van der Waals surface area (Å²) in [5, 5.41) is 23.9. The molecule has 0 aliphatic heterocycles. The molecule has 0 saturated carbocycles. The first-order chi connectivity index (χ1) is 12.4. The molecule has 0 heterocycles. The van der Waals surface area contributed by atoms with E-state index in [1.807, 2.05) is 0 Å². The molecule has 136 valence electrons. The smallest absolute Gasteiger partial charge is 0.207 e. The van der Waals surface area contributed by atoms with E-state index >= 15 is 0 Å². The molecule has 2 aromatic rings. The van der Waals surface area contributed by atoms with Crippen molar-refractivity contribution >= 4 is 17.3 Å². The molecular weight excluding hydrogens is 338 g/mol. The molecule has 0 aliphatic rings. The first-order valence-corrected chi connectivity index (χ1v) is 7.95. The number of hydrogen-bond donors (Lipinski definition) is 2. The highest BCUT2D eigenvalue weighted by atomic mass is 16.6. The van der Waals surface area contributed by atoms with Crippen LogP contribution in [0.15, 0.2) is 53.5 Å². The number of hydrogen-bond acceptors (Lipinski definition) is 5. The van der Waals surface area contributed by atoms with Crippen LogP contribution < -0.4 is 11.1 Å². The molecule has 0 aromatic heterocycles. The molecule has 2 aromatic carbocycles. The molecule has 0 spiro atoms. The van der Waals surface area contributed by atoms with Crippen LogP contribution in [0.5, 0.6) is 0 Å². The minimum atomic E-state index is -0.363. The van der Waals surface area contributed by atoms with Gasteiger partial charge in [0.1, 0.15) is 0 Å². The molecule has 0 bridgehead atoms. The number of anilines is 1. The summed E-state index contributed by atoms with van der Waals surface area (Å²) in [6.45, 7) is -0.276. The van der Waals surface area contributed by atoms with Crippen LogP contribution in [0.3, 0.4) is 0 Å². The van der Waals surface area contributed by atoms with Crippen LogP contribution in [0.4, 0.5) is 11.4 Å². The summed E-state index contributed by atoms with van der Waals surface area (Å²) in [5.74, 6) is 0.155. The SMILES string of the molecule is NC(=Nc1cccc(CC[N+](=O)[O-])c1)Nc1cccc(CC[N+](=O)[O-])c1. The molecule has 0 fully saturated rings. The van der Waals surface area contributed by atoms with E-state index in [2.05, 4.69) is 10.3 Å². The van der Waals surface area contributed by atoms with E-state index in [9.17, 15) is 20.2 Å². The highest BCUT2D eigenvalue weighted by molar-refractivity contribution is 5.94. The van der Waals surface area contributed by atoms with Gasteiger partial charge in [0, 0.05) is 28.4 Å². The van der Waals surface area contributed by atoms with Crippen molar-refractivity contribution in [2.24, 2.45) is 10.7 Å². The Labute approximate surface area is 149 Å². The highest BCUT2D eigenvalue weighted by Gasteiger charge is 2.04. The number of rotatable bonds is 8. The first kappa shape index (κ1) is 18.8. The normalized spacial score (nSPS) is 11.2. The van der Waals surface area contributed by atoms with Crippen LogP contribution in [-0.2, 0) is 12.8 Å². The van der Waals surface area contributed by atoms with Gasteiger partial charge in [-0.15, -0.1) is 0 Å². The Balaban J connectivity index is 2.03. The lowest BCUT2D eigenvalue weighted by molar-refractivity contribution is -0.479. The first-order valence-electron chi connectivity index (χ1n) is 7.95. The van der Waals surface area contributed by atoms with Gasteiger partial charge in [-0.2, -0.15) is 0 Å². The van der Waals surface area contributed by atoms with Crippen LogP contribution in [0.2, 0.25) is 0 Å². The summed E-state index contributed by atoms with van der Waals surface area (Å²) in [5.41, 5.74) is 8.79. The summed E-state index contributed by atoms with van der Waals surface area (Å²) in [4.78, 5) is 24.5. The molecule has 0 aliphatic carbocycles. The average molecular weight is 357 g/mol. The second-order valence-electron chi connectivity index (χ2n) is 5.61. The number of nitrogens with one attached hydrogen (secondary N) is 1.